The minimum absolute atomic E-state index is 0.0462. The van der Waals surface area contributed by atoms with E-state index in [1.54, 1.807) is 0 Å². The summed E-state index contributed by atoms with van der Waals surface area (Å²) >= 11 is 5.92. The third-order valence-corrected chi connectivity index (χ3v) is 4.32. The van der Waals surface area contributed by atoms with Crippen molar-refractivity contribution in [2.75, 3.05) is 37.6 Å². The van der Waals surface area contributed by atoms with Gasteiger partial charge in [-0.05, 0) is 50.5 Å². The van der Waals surface area contributed by atoms with E-state index in [1.165, 1.54) is 5.69 Å². The van der Waals surface area contributed by atoms with E-state index in [4.69, 9.17) is 11.6 Å². The zero-order valence-electron chi connectivity index (χ0n) is 12.8. The van der Waals surface area contributed by atoms with Crippen LogP contribution >= 0.6 is 11.6 Å². The van der Waals surface area contributed by atoms with Crippen LogP contribution < -0.4 is 10.2 Å². The second-order valence-corrected chi connectivity index (χ2v) is 5.87. The molecule has 1 N–H and O–H groups in total. The van der Waals surface area contributed by atoms with Crippen LogP contribution in [0.25, 0.3) is 0 Å². The number of nitrogens with zero attached hydrogens (tertiary/aromatic N) is 2. The molecule has 21 heavy (non-hydrogen) atoms. The molecular weight excluding hydrogens is 286 g/mol. The van der Waals surface area contributed by atoms with Crippen LogP contribution in [0.15, 0.2) is 24.3 Å². The second kappa shape index (κ2) is 7.55. The fourth-order valence-electron chi connectivity index (χ4n) is 2.74. The summed E-state index contributed by atoms with van der Waals surface area (Å²) in [6, 6.07) is 8.00. The largest absolute Gasteiger partial charge is 0.371 e. The monoisotopic (exact) mass is 309 g/mol. The van der Waals surface area contributed by atoms with E-state index < -0.39 is 0 Å². The van der Waals surface area contributed by atoms with Crippen molar-refractivity contribution in [1.29, 1.82) is 0 Å². The molecule has 1 aliphatic heterocycles. The summed E-state index contributed by atoms with van der Waals surface area (Å²) in [4.78, 5) is 16.1. The quantitative estimate of drug-likeness (QED) is 0.906. The molecule has 1 aliphatic rings. The molecule has 1 fully saturated rings. The second-order valence-electron chi connectivity index (χ2n) is 5.44. The Morgan fingerprint density at radius 2 is 2.00 bits per heavy atom. The van der Waals surface area contributed by atoms with Crippen LogP contribution in [0.2, 0.25) is 5.02 Å². The Labute approximate surface area is 132 Å². The Morgan fingerprint density at radius 1 is 1.33 bits per heavy atom. The Morgan fingerprint density at radius 3 is 2.62 bits per heavy atom. The lowest BCUT2D eigenvalue weighted by Crippen LogP contribution is -2.42. The maximum Gasteiger partial charge on any atom is 0.317 e. The molecular formula is C16H24ClN3O. The third kappa shape index (κ3) is 4.27. The van der Waals surface area contributed by atoms with Gasteiger partial charge in [-0.25, -0.2) is 4.79 Å². The molecule has 5 heteroatoms. The van der Waals surface area contributed by atoms with Crippen LogP contribution in [-0.4, -0.2) is 43.7 Å². The first kappa shape index (κ1) is 16.0. The van der Waals surface area contributed by atoms with Gasteiger partial charge in [0.1, 0.15) is 0 Å². The number of hydrogen-bond donors (Lipinski definition) is 1. The molecule has 1 saturated heterocycles. The van der Waals surface area contributed by atoms with E-state index in [0.717, 1.165) is 44.2 Å². The first-order chi connectivity index (χ1) is 10.1. The van der Waals surface area contributed by atoms with Crippen molar-refractivity contribution in [2.45, 2.75) is 20.3 Å². The molecule has 0 aliphatic carbocycles. The van der Waals surface area contributed by atoms with Crippen molar-refractivity contribution in [3.8, 4) is 0 Å². The van der Waals surface area contributed by atoms with E-state index in [-0.39, 0.29) is 6.03 Å². The highest BCUT2D eigenvalue weighted by Crippen LogP contribution is 2.24. The van der Waals surface area contributed by atoms with Crippen LogP contribution in [0.5, 0.6) is 0 Å². The van der Waals surface area contributed by atoms with Gasteiger partial charge in [0.05, 0.1) is 0 Å². The lowest BCUT2D eigenvalue weighted by molar-refractivity contribution is 0.201. The van der Waals surface area contributed by atoms with Crippen molar-refractivity contribution in [1.82, 2.24) is 10.2 Å². The third-order valence-electron chi connectivity index (χ3n) is 4.07. The molecule has 116 valence electrons. The molecule has 2 rings (SSSR count). The Kier molecular flexibility index (Phi) is 5.74. The number of nitrogens with one attached hydrogen (secondary N) is 1. The molecule has 1 aromatic carbocycles. The van der Waals surface area contributed by atoms with Crippen molar-refractivity contribution in [3.63, 3.8) is 0 Å². The maximum atomic E-state index is 11.9. The summed E-state index contributed by atoms with van der Waals surface area (Å²) in [5, 5.41) is 3.81. The summed E-state index contributed by atoms with van der Waals surface area (Å²) in [6.45, 7) is 8.28. The zero-order chi connectivity index (χ0) is 15.2. The zero-order valence-corrected chi connectivity index (χ0v) is 13.6. The van der Waals surface area contributed by atoms with E-state index in [1.807, 2.05) is 30.9 Å². The molecule has 1 atom stereocenters. The van der Waals surface area contributed by atoms with E-state index >= 15 is 0 Å². The van der Waals surface area contributed by atoms with Gasteiger partial charge in [-0.3, -0.25) is 0 Å². The molecule has 0 radical (unpaired) electrons. The standard InChI is InChI=1S/C16H24ClN3O/c1-3-19(4-2)16(21)18-11-13-9-10-20(12-13)15-7-5-14(17)6-8-15/h5-8,13H,3-4,9-12H2,1-2H3,(H,18,21). The fourth-order valence-corrected chi connectivity index (χ4v) is 2.87. The fraction of sp³-hybridized carbons (Fsp3) is 0.562. The number of hydrogen-bond acceptors (Lipinski definition) is 2. The van der Waals surface area contributed by atoms with Gasteiger partial charge in [0.25, 0.3) is 0 Å². The highest BCUT2D eigenvalue weighted by molar-refractivity contribution is 6.30. The average molecular weight is 310 g/mol. The van der Waals surface area contributed by atoms with Crippen molar-refractivity contribution in [2.24, 2.45) is 5.92 Å². The molecule has 0 spiro atoms. The first-order valence-electron chi connectivity index (χ1n) is 7.67. The van der Waals surface area contributed by atoms with Crippen LogP contribution in [0.4, 0.5) is 10.5 Å². The Hall–Kier alpha value is -1.42. The van der Waals surface area contributed by atoms with Crippen molar-refractivity contribution >= 4 is 23.3 Å². The number of benzene rings is 1. The minimum Gasteiger partial charge on any atom is -0.371 e. The van der Waals surface area contributed by atoms with Gasteiger partial charge in [0.2, 0.25) is 0 Å². The minimum atomic E-state index is 0.0462. The number of carbonyl (C=O) groups is 1. The van der Waals surface area contributed by atoms with Crippen LogP contribution in [0.3, 0.4) is 0 Å². The lowest BCUT2D eigenvalue weighted by Gasteiger charge is -2.21. The predicted octanol–water partition coefficient (Wildman–Crippen LogP) is 3.22. The molecule has 1 heterocycles. The van der Waals surface area contributed by atoms with Crippen LogP contribution in [0, 0.1) is 5.92 Å². The summed E-state index contributed by atoms with van der Waals surface area (Å²) in [5.74, 6) is 0.514. The van der Waals surface area contributed by atoms with Gasteiger partial charge in [-0.2, -0.15) is 0 Å². The van der Waals surface area contributed by atoms with Crippen molar-refractivity contribution in [3.05, 3.63) is 29.3 Å². The molecule has 1 aromatic rings. The average Bonchev–Trinajstić information content (AvgIpc) is 2.96. The Bertz CT molecular complexity index is 459. The van der Waals surface area contributed by atoms with Gasteiger partial charge < -0.3 is 15.1 Å². The molecule has 0 aromatic heterocycles. The summed E-state index contributed by atoms with van der Waals surface area (Å²) in [7, 11) is 0. The predicted molar refractivity (Wildman–Crippen MR) is 88.1 cm³/mol. The topological polar surface area (TPSA) is 35.6 Å². The van der Waals surface area contributed by atoms with Gasteiger partial charge >= 0.3 is 6.03 Å². The Balaban J connectivity index is 1.80. The number of urea groups is 1. The molecule has 2 amide bonds. The number of amides is 2. The first-order valence-corrected chi connectivity index (χ1v) is 8.05. The van der Waals surface area contributed by atoms with Crippen LogP contribution in [0.1, 0.15) is 20.3 Å². The van der Waals surface area contributed by atoms with E-state index in [2.05, 4.69) is 22.3 Å². The van der Waals surface area contributed by atoms with E-state index in [0.29, 0.717) is 5.92 Å². The summed E-state index contributed by atoms with van der Waals surface area (Å²) in [5.41, 5.74) is 1.21. The maximum absolute atomic E-state index is 11.9. The summed E-state index contributed by atoms with van der Waals surface area (Å²) in [6.07, 6.45) is 1.11. The van der Waals surface area contributed by atoms with Gasteiger partial charge in [-0.1, -0.05) is 11.6 Å². The van der Waals surface area contributed by atoms with Gasteiger partial charge in [0, 0.05) is 43.4 Å². The lowest BCUT2D eigenvalue weighted by atomic mass is 10.1. The van der Waals surface area contributed by atoms with Crippen LogP contribution in [-0.2, 0) is 0 Å². The number of anilines is 1. The number of rotatable bonds is 5. The normalized spacial score (nSPS) is 17.9. The molecule has 0 saturated carbocycles. The molecule has 4 nitrogen and oxygen atoms in total. The summed E-state index contributed by atoms with van der Waals surface area (Å²) < 4.78 is 0. The SMILES string of the molecule is CCN(CC)C(=O)NCC1CCN(c2ccc(Cl)cc2)C1. The van der Waals surface area contributed by atoms with Gasteiger partial charge in [-0.15, -0.1) is 0 Å². The highest BCUT2D eigenvalue weighted by atomic mass is 35.5. The van der Waals surface area contributed by atoms with Gasteiger partial charge in [0.15, 0.2) is 0 Å². The smallest absolute Gasteiger partial charge is 0.317 e. The highest BCUT2D eigenvalue weighted by Gasteiger charge is 2.23. The molecule has 0 bridgehead atoms. The number of carbonyl (C=O) groups excluding carboxylic acids is 1. The molecule has 1 unspecified atom stereocenters. The van der Waals surface area contributed by atoms with Crippen molar-refractivity contribution < 1.29 is 4.79 Å². The van der Waals surface area contributed by atoms with E-state index in [9.17, 15) is 4.79 Å². The number of halogens is 1.